The van der Waals surface area contributed by atoms with Crippen LogP contribution in [0.4, 0.5) is 4.79 Å². The van der Waals surface area contributed by atoms with E-state index in [-0.39, 0.29) is 25.3 Å². The molecular weight excluding hydrogens is 272 g/mol. The summed E-state index contributed by atoms with van der Waals surface area (Å²) in [5, 5.41) is 22.3. The highest BCUT2D eigenvalue weighted by Gasteiger charge is 2.33. The monoisotopic (exact) mass is 302 g/mol. The lowest BCUT2D eigenvalue weighted by Crippen LogP contribution is -2.59. The second-order valence-electron chi connectivity index (χ2n) is 6.86. The van der Waals surface area contributed by atoms with Crippen molar-refractivity contribution in [3.8, 4) is 0 Å². The van der Waals surface area contributed by atoms with Crippen LogP contribution in [-0.2, 0) is 4.74 Å². The van der Waals surface area contributed by atoms with Gasteiger partial charge in [-0.1, -0.05) is 6.92 Å². The summed E-state index contributed by atoms with van der Waals surface area (Å²) in [6.45, 7) is 8.46. The van der Waals surface area contributed by atoms with Crippen LogP contribution in [0.3, 0.4) is 0 Å². The first-order valence-corrected chi connectivity index (χ1v) is 7.72. The molecule has 1 aliphatic heterocycles. The number of hydrogen-bond acceptors (Lipinski definition) is 5. The molecule has 0 spiro atoms. The van der Waals surface area contributed by atoms with E-state index < -0.39 is 11.1 Å². The lowest BCUT2D eigenvalue weighted by molar-refractivity contribution is 0.0136. The number of carbonyl (C=O) groups excluding carboxylic acids is 1. The predicted molar refractivity (Wildman–Crippen MR) is 81.2 cm³/mol. The molecule has 0 radical (unpaired) electrons. The molecule has 1 aliphatic rings. The Bertz CT molecular complexity index is 329. The predicted octanol–water partition coefficient (Wildman–Crippen LogP) is 1.11. The molecule has 1 rings (SSSR count). The zero-order chi connectivity index (χ0) is 16.1. The SMILES string of the molecule is CCC(CO)(CO)NC1CCCN(C(=O)OC(C)(C)C)C1. The summed E-state index contributed by atoms with van der Waals surface area (Å²) in [5.74, 6) is 0. The number of hydrogen-bond donors (Lipinski definition) is 3. The molecule has 1 fully saturated rings. The smallest absolute Gasteiger partial charge is 0.410 e. The second-order valence-corrected chi connectivity index (χ2v) is 6.86. The number of amides is 1. The molecule has 6 nitrogen and oxygen atoms in total. The van der Waals surface area contributed by atoms with Gasteiger partial charge in [0.15, 0.2) is 0 Å². The molecule has 6 heteroatoms. The van der Waals surface area contributed by atoms with Crippen LogP contribution in [0.5, 0.6) is 0 Å². The Kier molecular flexibility index (Phi) is 6.43. The fraction of sp³-hybridized carbons (Fsp3) is 0.933. The van der Waals surface area contributed by atoms with Crippen molar-refractivity contribution >= 4 is 6.09 Å². The summed E-state index contributed by atoms with van der Waals surface area (Å²) in [4.78, 5) is 13.8. The number of ether oxygens (including phenoxy) is 1. The fourth-order valence-corrected chi connectivity index (χ4v) is 2.49. The van der Waals surface area contributed by atoms with E-state index in [0.29, 0.717) is 19.5 Å². The molecule has 1 saturated heterocycles. The van der Waals surface area contributed by atoms with Crippen LogP contribution >= 0.6 is 0 Å². The van der Waals surface area contributed by atoms with Gasteiger partial charge in [0.1, 0.15) is 5.60 Å². The highest BCUT2D eigenvalue weighted by Crippen LogP contribution is 2.18. The molecule has 0 aliphatic carbocycles. The topological polar surface area (TPSA) is 82.0 Å². The minimum Gasteiger partial charge on any atom is -0.444 e. The van der Waals surface area contributed by atoms with E-state index in [4.69, 9.17) is 4.74 Å². The van der Waals surface area contributed by atoms with Crippen LogP contribution in [-0.4, -0.2) is 64.7 Å². The largest absolute Gasteiger partial charge is 0.444 e. The Labute approximate surface area is 127 Å². The van der Waals surface area contributed by atoms with Crippen LogP contribution in [0.15, 0.2) is 0 Å². The summed E-state index contributed by atoms with van der Waals surface area (Å²) >= 11 is 0. The van der Waals surface area contributed by atoms with Crippen molar-refractivity contribution in [1.29, 1.82) is 0 Å². The molecule has 0 aromatic rings. The van der Waals surface area contributed by atoms with Crippen molar-refractivity contribution in [3.05, 3.63) is 0 Å². The van der Waals surface area contributed by atoms with E-state index in [1.807, 2.05) is 27.7 Å². The highest BCUT2D eigenvalue weighted by molar-refractivity contribution is 5.68. The van der Waals surface area contributed by atoms with Crippen molar-refractivity contribution in [1.82, 2.24) is 10.2 Å². The molecule has 1 atom stereocenters. The maximum absolute atomic E-state index is 12.1. The standard InChI is InChI=1S/C15H30N2O4/c1-5-15(10-18,11-19)16-12-7-6-8-17(9-12)13(20)21-14(2,3)4/h12,16,18-19H,5-11H2,1-4H3. The van der Waals surface area contributed by atoms with Crippen LogP contribution in [0.1, 0.15) is 47.0 Å². The first-order valence-electron chi connectivity index (χ1n) is 7.72. The van der Waals surface area contributed by atoms with E-state index >= 15 is 0 Å². The molecule has 1 heterocycles. The zero-order valence-electron chi connectivity index (χ0n) is 13.7. The van der Waals surface area contributed by atoms with Gasteiger partial charge in [-0.05, 0) is 40.0 Å². The van der Waals surface area contributed by atoms with Gasteiger partial charge in [-0.3, -0.25) is 0 Å². The van der Waals surface area contributed by atoms with E-state index in [2.05, 4.69) is 5.32 Å². The molecule has 0 bridgehead atoms. The first-order chi connectivity index (χ1) is 9.75. The first kappa shape index (κ1) is 18.2. The number of likely N-dealkylation sites (tertiary alicyclic amines) is 1. The van der Waals surface area contributed by atoms with Crippen LogP contribution in [0, 0.1) is 0 Å². The van der Waals surface area contributed by atoms with Crippen molar-refractivity contribution in [2.75, 3.05) is 26.3 Å². The van der Waals surface area contributed by atoms with Gasteiger partial charge in [0.05, 0.1) is 18.8 Å². The Morgan fingerprint density at radius 2 is 1.95 bits per heavy atom. The molecule has 21 heavy (non-hydrogen) atoms. The van der Waals surface area contributed by atoms with Gasteiger partial charge in [-0.2, -0.15) is 0 Å². The average Bonchev–Trinajstić information content (AvgIpc) is 2.43. The molecular formula is C15H30N2O4. The lowest BCUT2D eigenvalue weighted by Gasteiger charge is -2.40. The number of nitrogens with one attached hydrogen (secondary N) is 1. The zero-order valence-corrected chi connectivity index (χ0v) is 13.7. The normalized spacial score (nSPS) is 20.5. The van der Waals surface area contributed by atoms with Gasteiger partial charge in [0.25, 0.3) is 0 Å². The van der Waals surface area contributed by atoms with Crippen molar-refractivity contribution < 1.29 is 19.7 Å². The van der Waals surface area contributed by atoms with Gasteiger partial charge >= 0.3 is 6.09 Å². The van der Waals surface area contributed by atoms with E-state index in [1.165, 1.54) is 0 Å². The molecule has 0 aromatic heterocycles. The van der Waals surface area contributed by atoms with E-state index in [1.54, 1.807) is 4.90 Å². The number of piperidine rings is 1. The van der Waals surface area contributed by atoms with Gasteiger partial charge in [0, 0.05) is 19.1 Å². The van der Waals surface area contributed by atoms with Gasteiger partial charge in [-0.25, -0.2) is 4.79 Å². The fourth-order valence-electron chi connectivity index (χ4n) is 2.49. The van der Waals surface area contributed by atoms with Crippen molar-refractivity contribution in [2.45, 2.75) is 64.1 Å². The Morgan fingerprint density at radius 3 is 2.43 bits per heavy atom. The number of rotatable bonds is 5. The molecule has 1 unspecified atom stereocenters. The number of aliphatic hydroxyl groups excluding tert-OH is 2. The van der Waals surface area contributed by atoms with Crippen LogP contribution < -0.4 is 5.32 Å². The molecule has 0 aromatic carbocycles. The van der Waals surface area contributed by atoms with E-state index in [0.717, 1.165) is 12.8 Å². The summed E-state index contributed by atoms with van der Waals surface area (Å²) in [6.07, 6.45) is 2.13. The maximum atomic E-state index is 12.1. The minimum absolute atomic E-state index is 0.0607. The Hall–Kier alpha value is -0.850. The molecule has 3 N–H and O–H groups in total. The molecule has 0 saturated carbocycles. The van der Waals surface area contributed by atoms with Gasteiger partial charge in [-0.15, -0.1) is 0 Å². The molecule has 1 amide bonds. The van der Waals surface area contributed by atoms with Gasteiger partial charge < -0.3 is 25.2 Å². The summed E-state index contributed by atoms with van der Waals surface area (Å²) in [5.41, 5.74) is -1.18. The lowest BCUT2D eigenvalue weighted by atomic mass is 9.94. The van der Waals surface area contributed by atoms with Crippen molar-refractivity contribution in [3.63, 3.8) is 0 Å². The number of aliphatic hydroxyl groups is 2. The third-order valence-electron chi connectivity index (χ3n) is 3.87. The second kappa shape index (κ2) is 7.42. The van der Waals surface area contributed by atoms with Crippen molar-refractivity contribution in [2.24, 2.45) is 0 Å². The third kappa shape index (κ3) is 5.45. The minimum atomic E-state index is -0.679. The maximum Gasteiger partial charge on any atom is 0.410 e. The molecule has 124 valence electrons. The number of nitrogens with zero attached hydrogens (tertiary/aromatic N) is 1. The van der Waals surface area contributed by atoms with Gasteiger partial charge in [0.2, 0.25) is 0 Å². The third-order valence-corrected chi connectivity index (χ3v) is 3.87. The summed E-state index contributed by atoms with van der Waals surface area (Å²) < 4.78 is 5.40. The van der Waals surface area contributed by atoms with Crippen LogP contribution in [0.2, 0.25) is 0 Å². The Balaban J connectivity index is 2.61. The van der Waals surface area contributed by atoms with E-state index in [9.17, 15) is 15.0 Å². The van der Waals surface area contributed by atoms with Crippen LogP contribution in [0.25, 0.3) is 0 Å². The quantitative estimate of drug-likeness (QED) is 0.709. The number of carbonyl (C=O) groups is 1. The summed E-state index contributed by atoms with van der Waals surface area (Å²) in [7, 11) is 0. The average molecular weight is 302 g/mol. The highest BCUT2D eigenvalue weighted by atomic mass is 16.6. The Morgan fingerprint density at radius 1 is 1.33 bits per heavy atom. The summed E-state index contributed by atoms with van der Waals surface area (Å²) in [6, 6.07) is 0.0607.